The zero-order chi connectivity index (χ0) is 14.0. The molecule has 1 heterocycles. The molecule has 0 atom stereocenters. The quantitative estimate of drug-likeness (QED) is 0.688. The summed E-state index contributed by atoms with van der Waals surface area (Å²) in [7, 11) is 0. The van der Waals surface area contributed by atoms with Gasteiger partial charge in [0.05, 0.1) is 6.54 Å². The van der Waals surface area contributed by atoms with Gasteiger partial charge >= 0.3 is 0 Å². The summed E-state index contributed by atoms with van der Waals surface area (Å²) in [6.07, 6.45) is 1.28. The first-order chi connectivity index (χ1) is 9.04. The summed E-state index contributed by atoms with van der Waals surface area (Å²) in [5.74, 6) is -5.47. The van der Waals surface area contributed by atoms with Crippen molar-refractivity contribution in [2.45, 2.75) is 20.0 Å². The molecule has 0 fully saturated rings. The minimum atomic E-state index is -1.47. The van der Waals surface area contributed by atoms with Gasteiger partial charge in [0.1, 0.15) is 17.8 Å². The maximum absolute atomic E-state index is 13.4. The van der Waals surface area contributed by atoms with E-state index < -0.39 is 29.0 Å². The summed E-state index contributed by atoms with van der Waals surface area (Å²) in [5, 5.41) is 6.14. The molecule has 4 nitrogen and oxygen atoms in total. The molecule has 0 aliphatic heterocycles. The summed E-state index contributed by atoms with van der Waals surface area (Å²) in [6, 6.07) is 0.157. The van der Waals surface area contributed by atoms with E-state index in [1.807, 2.05) is 0 Å². The third kappa shape index (κ3) is 2.51. The molecule has 2 rings (SSSR count). The zero-order valence-corrected chi connectivity index (χ0v) is 9.92. The van der Waals surface area contributed by atoms with Crippen LogP contribution >= 0.6 is 0 Å². The van der Waals surface area contributed by atoms with Crippen LogP contribution < -0.4 is 5.32 Å². The molecule has 102 valence electrons. The maximum atomic E-state index is 13.4. The van der Waals surface area contributed by atoms with Crippen molar-refractivity contribution in [3.05, 3.63) is 41.5 Å². The highest BCUT2D eigenvalue weighted by Crippen LogP contribution is 2.24. The molecule has 0 radical (unpaired) electrons. The van der Waals surface area contributed by atoms with Crippen LogP contribution in [0.5, 0.6) is 0 Å². The Morgan fingerprint density at radius 2 is 1.79 bits per heavy atom. The number of hydrogen-bond acceptors (Lipinski definition) is 3. The first-order valence-corrected chi connectivity index (χ1v) is 5.48. The monoisotopic (exact) mass is 274 g/mol. The lowest BCUT2D eigenvalue weighted by molar-refractivity contribution is 0.457. The normalized spacial score (nSPS) is 10.8. The van der Waals surface area contributed by atoms with E-state index in [0.717, 1.165) is 0 Å². The summed E-state index contributed by atoms with van der Waals surface area (Å²) in [6.45, 7) is 2.21. The van der Waals surface area contributed by atoms with Crippen LogP contribution in [0, 0.1) is 23.3 Å². The second kappa shape index (κ2) is 5.25. The average Bonchev–Trinajstić information content (AvgIpc) is 2.84. The van der Waals surface area contributed by atoms with Gasteiger partial charge in [0.2, 0.25) is 0 Å². The maximum Gasteiger partial charge on any atom is 0.185 e. The SMILES string of the molecule is CCn1ncnc1CNc1c(F)c(F)cc(F)c1F. The molecule has 1 N–H and O–H groups in total. The lowest BCUT2D eigenvalue weighted by atomic mass is 10.2. The van der Waals surface area contributed by atoms with Crippen molar-refractivity contribution in [3.8, 4) is 0 Å². The Morgan fingerprint density at radius 1 is 1.16 bits per heavy atom. The van der Waals surface area contributed by atoms with Gasteiger partial charge in [0.15, 0.2) is 23.3 Å². The minimum Gasteiger partial charge on any atom is -0.373 e. The van der Waals surface area contributed by atoms with Crippen LogP contribution in [0.1, 0.15) is 12.7 Å². The molecule has 2 aromatic rings. The first kappa shape index (κ1) is 13.3. The van der Waals surface area contributed by atoms with E-state index in [1.165, 1.54) is 11.0 Å². The van der Waals surface area contributed by atoms with E-state index in [0.29, 0.717) is 12.4 Å². The van der Waals surface area contributed by atoms with Crippen molar-refractivity contribution in [1.82, 2.24) is 14.8 Å². The van der Waals surface area contributed by atoms with Gasteiger partial charge in [0.25, 0.3) is 0 Å². The molecule has 0 saturated heterocycles. The molecule has 8 heteroatoms. The Hall–Kier alpha value is -2.12. The van der Waals surface area contributed by atoms with Crippen LogP contribution in [0.4, 0.5) is 23.2 Å². The van der Waals surface area contributed by atoms with E-state index in [4.69, 9.17) is 0 Å². The van der Waals surface area contributed by atoms with Gasteiger partial charge in [-0.15, -0.1) is 0 Å². The molecule has 0 aliphatic carbocycles. The molecule has 0 spiro atoms. The number of benzene rings is 1. The van der Waals surface area contributed by atoms with E-state index >= 15 is 0 Å². The minimum absolute atomic E-state index is 0.107. The second-order valence-corrected chi connectivity index (χ2v) is 3.69. The molecule has 0 saturated carbocycles. The molecular weight excluding hydrogens is 264 g/mol. The standard InChI is InChI=1S/C11H10F4N4/c1-2-19-8(17-5-18-19)4-16-11-9(14)6(12)3-7(13)10(11)15/h3,5,16H,2,4H2,1H3. The molecular formula is C11H10F4N4. The van der Waals surface area contributed by atoms with Gasteiger partial charge in [-0.25, -0.2) is 27.2 Å². The fraction of sp³-hybridized carbons (Fsp3) is 0.273. The lowest BCUT2D eigenvalue weighted by Gasteiger charge is -2.10. The van der Waals surface area contributed by atoms with Crippen LogP contribution in [-0.2, 0) is 13.1 Å². The Kier molecular flexibility index (Phi) is 3.68. The number of rotatable bonds is 4. The fourth-order valence-corrected chi connectivity index (χ4v) is 1.58. The molecule has 1 aromatic heterocycles. The number of aromatic nitrogens is 3. The smallest absolute Gasteiger partial charge is 0.185 e. The largest absolute Gasteiger partial charge is 0.373 e. The van der Waals surface area contributed by atoms with Crippen molar-refractivity contribution < 1.29 is 17.6 Å². The zero-order valence-electron chi connectivity index (χ0n) is 9.92. The fourth-order valence-electron chi connectivity index (χ4n) is 1.58. The van der Waals surface area contributed by atoms with Crippen LogP contribution in [0.25, 0.3) is 0 Å². The van der Waals surface area contributed by atoms with Crippen LogP contribution in [-0.4, -0.2) is 14.8 Å². The molecule has 19 heavy (non-hydrogen) atoms. The van der Waals surface area contributed by atoms with Gasteiger partial charge in [-0.1, -0.05) is 0 Å². The van der Waals surface area contributed by atoms with Crippen molar-refractivity contribution in [3.63, 3.8) is 0 Å². The number of anilines is 1. The van der Waals surface area contributed by atoms with Crippen molar-refractivity contribution in [2.24, 2.45) is 0 Å². The van der Waals surface area contributed by atoms with Gasteiger partial charge in [-0.05, 0) is 6.92 Å². The first-order valence-electron chi connectivity index (χ1n) is 5.48. The van der Waals surface area contributed by atoms with Crippen LogP contribution in [0.15, 0.2) is 12.4 Å². The molecule has 0 amide bonds. The summed E-state index contributed by atoms with van der Waals surface area (Å²) < 4.78 is 54.2. The molecule has 1 aromatic carbocycles. The molecule has 0 unspecified atom stereocenters. The third-order valence-electron chi connectivity index (χ3n) is 2.53. The number of halogens is 4. The second-order valence-electron chi connectivity index (χ2n) is 3.69. The lowest BCUT2D eigenvalue weighted by Crippen LogP contribution is -2.12. The predicted octanol–water partition coefficient (Wildman–Crippen LogP) is 2.47. The molecule has 0 aliphatic rings. The van der Waals surface area contributed by atoms with E-state index in [9.17, 15) is 17.6 Å². The predicted molar refractivity (Wildman–Crippen MR) is 59.3 cm³/mol. The summed E-state index contributed by atoms with van der Waals surface area (Å²) in [5.41, 5.74) is -0.858. The van der Waals surface area contributed by atoms with Crippen molar-refractivity contribution >= 4 is 5.69 Å². The van der Waals surface area contributed by atoms with Crippen molar-refractivity contribution in [2.75, 3.05) is 5.32 Å². The number of hydrogen-bond donors (Lipinski definition) is 1. The Labute approximate surface area is 106 Å². The number of nitrogens with one attached hydrogen (secondary N) is 1. The average molecular weight is 274 g/mol. The highest BCUT2D eigenvalue weighted by atomic mass is 19.2. The number of aryl methyl sites for hydroxylation is 1. The highest BCUT2D eigenvalue weighted by molar-refractivity contribution is 5.47. The van der Waals surface area contributed by atoms with Gasteiger partial charge in [0, 0.05) is 12.6 Å². The van der Waals surface area contributed by atoms with Gasteiger partial charge in [-0.3, -0.25) is 0 Å². The topological polar surface area (TPSA) is 42.7 Å². The Balaban J connectivity index is 2.25. The van der Waals surface area contributed by atoms with Crippen molar-refractivity contribution in [1.29, 1.82) is 0 Å². The highest BCUT2D eigenvalue weighted by Gasteiger charge is 2.19. The summed E-state index contributed by atoms with van der Waals surface area (Å²) in [4.78, 5) is 3.86. The van der Waals surface area contributed by atoms with E-state index in [-0.39, 0.29) is 12.6 Å². The van der Waals surface area contributed by atoms with Crippen LogP contribution in [0.3, 0.4) is 0 Å². The van der Waals surface area contributed by atoms with E-state index in [2.05, 4.69) is 15.4 Å². The summed E-state index contributed by atoms with van der Waals surface area (Å²) >= 11 is 0. The van der Waals surface area contributed by atoms with Gasteiger partial charge in [-0.2, -0.15) is 5.10 Å². The third-order valence-corrected chi connectivity index (χ3v) is 2.53. The van der Waals surface area contributed by atoms with Gasteiger partial charge < -0.3 is 5.32 Å². The Morgan fingerprint density at radius 3 is 2.37 bits per heavy atom. The Bertz CT molecular complexity index is 570. The molecule has 0 bridgehead atoms. The van der Waals surface area contributed by atoms with E-state index in [1.54, 1.807) is 6.92 Å². The van der Waals surface area contributed by atoms with Crippen LogP contribution in [0.2, 0.25) is 0 Å². The number of nitrogens with zero attached hydrogens (tertiary/aromatic N) is 3.